The number of carbonyl (C=O) groups is 2. The van der Waals surface area contributed by atoms with Crippen LogP contribution in [0.3, 0.4) is 0 Å². The summed E-state index contributed by atoms with van der Waals surface area (Å²) in [5.74, 6) is -3.33. The fraction of sp³-hybridized carbons (Fsp3) is 0.0889. The number of carboxylic acids is 1. The number of hydrogen-bond acceptors (Lipinski definition) is 10. The van der Waals surface area contributed by atoms with Crippen molar-refractivity contribution in [2.45, 2.75) is 22.7 Å². The molecule has 56 heavy (non-hydrogen) atoms. The molecule has 0 amide bonds. The van der Waals surface area contributed by atoms with Gasteiger partial charge in [0.25, 0.3) is 0 Å². The third kappa shape index (κ3) is 7.72. The maximum Gasteiger partial charge on any atom is 0.358 e. The van der Waals surface area contributed by atoms with Crippen LogP contribution >= 0.6 is 11.8 Å². The molecular formula is C45H37N3O7S. The van der Waals surface area contributed by atoms with Crippen LogP contribution in [0.2, 0.25) is 0 Å². The maximum atomic E-state index is 14.3. The number of hydrogen-bond donors (Lipinski definition) is 5. The Hall–Kier alpha value is -6.82. The zero-order valence-corrected chi connectivity index (χ0v) is 30.6. The average molecular weight is 764 g/mol. The molecule has 0 radical (unpaired) electrons. The molecule has 0 bridgehead atoms. The fourth-order valence-corrected chi connectivity index (χ4v) is 7.60. The number of thioether (sulfide) groups is 1. The van der Waals surface area contributed by atoms with Crippen molar-refractivity contribution in [1.29, 1.82) is 0 Å². The van der Waals surface area contributed by atoms with E-state index in [1.807, 2.05) is 152 Å². The predicted octanol–water partition coefficient (Wildman–Crippen LogP) is 7.97. The van der Waals surface area contributed by atoms with Gasteiger partial charge in [-0.15, -0.1) is 0 Å². The third-order valence-electron chi connectivity index (χ3n) is 9.32. The first-order valence-electron chi connectivity index (χ1n) is 17.7. The summed E-state index contributed by atoms with van der Waals surface area (Å²) in [6.07, 6.45) is -0.961. The monoisotopic (exact) mass is 763 g/mol. The van der Waals surface area contributed by atoms with Gasteiger partial charge < -0.3 is 30.2 Å². The van der Waals surface area contributed by atoms with Crippen molar-refractivity contribution in [2.24, 2.45) is 5.16 Å². The molecule has 280 valence electrons. The largest absolute Gasteiger partial charge is 0.504 e. The van der Waals surface area contributed by atoms with E-state index in [-0.39, 0.29) is 5.56 Å². The summed E-state index contributed by atoms with van der Waals surface area (Å²) >= 11 is 1.12. The van der Waals surface area contributed by atoms with Crippen LogP contribution < -0.4 is 10.6 Å². The van der Waals surface area contributed by atoms with Gasteiger partial charge >= 0.3 is 11.9 Å². The Morgan fingerprint density at radius 1 is 0.661 bits per heavy atom. The summed E-state index contributed by atoms with van der Waals surface area (Å²) in [6, 6.07) is 50.9. The average Bonchev–Trinajstić information content (AvgIpc) is 3.72. The second kappa shape index (κ2) is 16.7. The second-order valence-electron chi connectivity index (χ2n) is 12.8. The zero-order valence-electron chi connectivity index (χ0n) is 29.8. The van der Waals surface area contributed by atoms with Gasteiger partial charge in [0.05, 0.1) is 5.54 Å². The maximum absolute atomic E-state index is 14.3. The van der Waals surface area contributed by atoms with Crippen LogP contribution in [0.1, 0.15) is 45.6 Å². The van der Waals surface area contributed by atoms with E-state index >= 15 is 0 Å². The third-order valence-corrected chi connectivity index (χ3v) is 10.4. The number of ether oxygens (including phenoxy) is 1. The molecule has 0 spiro atoms. The highest BCUT2D eigenvalue weighted by Gasteiger charge is 2.51. The molecule has 1 aliphatic heterocycles. The summed E-state index contributed by atoms with van der Waals surface area (Å²) in [5, 5.41) is 44.3. The van der Waals surface area contributed by atoms with Crippen LogP contribution in [0.4, 0.5) is 0 Å². The van der Waals surface area contributed by atoms with Gasteiger partial charge in [-0.3, -0.25) is 5.32 Å². The topological polar surface area (TPSA) is 150 Å². The van der Waals surface area contributed by atoms with Crippen LogP contribution in [0, 0.1) is 0 Å². The molecule has 11 heteroatoms. The van der Waals surface area contributed by atoms with Crippen LogP contribution in [0.5, 0.6) is 11.5 Å². The summed E-state index contributed by atoms with van der Waals surface area (Å²) in [5.41, 5.74) is 2.15. The van der Waals surface area contributed by atoms with E-state index < -0.39 is 51.9 Å². The van der Waals surface area contributed by atoms with E-state index in [0.717, 1.165) is 34.5 Å². The van der Waals surface area contributed by atoms with Crippen molar-refractivity contribution < 1.29 is 34.5 Å². The number of aliphatic carboxylic acids is 1. The number of phenols is 2. The highest BCUT2D eigenvalue weighted by molar-refractivity contribution is 8.04. The van der Waals surface area contributed by atoms with Gasteiger partial charge in [0, 0.05) is 11.8 Å². The molecule has 6 aromatic carbocycles. The molecule has 0 aliphatic carbocycles. The molecule has 0 saturated heterocycles. The summed E-state index contributed by atoms with van der Waals surface area (Å²) in [6.45, 7) is 0. The highest BCUT2D eigenvalue weighted by atomic mass is 32.2. The van der Waals surface area contributed by atoms with Crippen molar-refractivity contribution in [3.63, 3.8) is 0 Å². The number of oxime groups is 1. The minimum atomic E-state index is -1.69. The Kier molecular flexibility index (Phi) is 11.2. The van der Waals surface area contributed by atoms with Crippen LogP contribution in [-0.4, -0.2) is 38.0 Å². The van der Waals surface area contributed by atoms with Crippen LogP contribution in [0.25, 0.3) is 0 Å². The molecule has 10 nitrogen and oxygen atoms in total. The number of benzene rings is 6. The number of carbonyl (C=O) groups excluding carboxylic acids is 1. The Morgan fingerprint density at radius 2 is 1.14 bits per heavy atom. The van der Waals surface area contributed by atoms with Gasteiger partial charge in [-0.2, -0.15) is 0 Å². The van der Waals surface area contributed by atoms with Gasteiger partial charge in [0.15, 0.2) is 22.6 Å². The minimum absolute atomic E-state index is 0.0537. The molecule has 0 aromatic heterocycles. The number of phenolic OH excluding ortho intramolecular Hbond substituents is 2. The summed E-state index contributed by atoms with van der Waals surface area (Å²) in [4.78, 5) is 32.0. The normalized spacial score (nSPS) is 15.8. The lowest BCUT2D eigenvalue weighted by Gasteiger charge is -2.44. The molecule has 2 unspecified atom stereocenters. The van der Waals surface area contributed by atoms with Crippen LogP contribution in [0.15, 0.2) is 187 Å². The van der Waals surface area contributed by atoms with E-state index in [2.05, 4.69) is 15.8 Å². The SMILES string of the molecule is O=C(O)/C(=N\OC(C(=O)OC(c1ccccc1)c1ccccc1)c1ccc(O)c(O)c1)C1(NC(c2ccccc2)(c2ccccc2)c2ccccc2)NC=CS1. The van der Waals surface area contributed by atoms with Crippen molar-refractivity contribution >= 4 is 29.4 Å². The Labute approximate surface area is 327 Å². The van der Waals surface area contributed by atoms with E-state index in [4.69, 9.17) is 9.57 Å². The van der Waals surface area contributed by atoms with Gasteiger partial charge in [-0.25, -0.2) is 9.59 Å². The standard InChI is InChI=1S/C45H37N3O7S/c49-37-27-26-33(30-38(37)50)40(43(53)54-39(31-16-6-1-7-17-31)32-18-8-2-9-19-32)55-47-41(42(51)52)45(46-28-29-56-45)48-44(34-20-10-3-11-21-34,35-22-12-4-13-23-35)36-24-14-5-15-25-36/h1-30,39-40,46,48-50H,(H,51,52)/b47-41+. The smallest absolute Gasteiger partial charge is 0.358 e. The van der Waals surface area contributed by atoms with E-state index in [9.17, 15) is 24.9 Å². The lowest BCUT2D eigenvalue weighted by molar-refractivity contribution is -0.162. The Morgan fingerprint density at radius 3 is 1.57 bits per heavy atom. The van der Waals surface area contributed by atoms with Crippen molar-refractivity contribution in [3.8, 4) is 11.5 Å². The highest BCUT2D eigenvalue weighted by Crippen LogP contribution is 2.42. The second-order valence-corrected chi connectivity index (χ2v) is 14.0. The lowest BCUT2D eigenvalue weighted by Crippen LogP contribution is -2.65. The molecule has 2 atom stereocenters. The summed E-state index contributed by atoms with van der Waals surface area (Å²) < 4.78 is 6.13. The van der Waals surface area contributed by atoms with Crippen molar-refractivity contribution in [1.82, 2.24) is 10.6 Å². The Balaban J connectivity index is 1.33. The van der Waals surface area contributed by atoms with E-state index in [1.165, 1.54) is 12.1 Å². The van der Waals surface area contributed by atoms with E-state index in [1.54, 1.807) is 11.6 Å². The number of nitrogens with zero attached hydrogens (tertiary/aromatic N) is 1. The van der Waals surface area contributed by atoms with Gasteiger partial charge in [0.2, 0.25) is 11.8 Å². The molecule has 1 heterocycles. The first-order chi connectivity index (χ1) is 27.3. The Bertz CT molecular complexity index is 2180. The number of carboxylic acid groups (broad SMARTS) is 1. The van der Waals surface area contributed by atoms with Crippen molar-refractivity contribution in [3.05, 3.63) is 215 Å². The predicted molar refractivity (Wildman–Crippen MR) is 214 cm³/mol. The van der Waals surface area contributed by atoms with E-state index in [0.29, 0.717) is 11.1 Å². The van der Waals surface area contributed by atoms with Gasteiger partial charge in [-0.1, -0.05) is 175 Å². The molecule has 7 rings (SSSR count). The molecule has 1 aliphatic rings. The van der Waals surface area contributed by atoms with Crippen molar-refractivity contribution in [2.75, 3.05) is 0 Å². The fourth-order valence-electron chi connectivity index (χ4n) is 6.68. The number of aromatic hydroxyl groups is 2. The first kappa shape index (κ1) is 37.5. The zero-order chi connectivity index (χ0) is 39.0. The first-order valence-corrected chi connectivity index (χ1v) is 18.5. The van der Waals surface area contributed by atoms with Gasteiger partial charge in [-0.05, 0) is 45.4 Å². The van der Waals surface area contributed by atoms with Gasteiger partial charge in [0.1, 0.15) is 0 Å². The number of rotatable bonds is 14. The molecule has 5 N–H and O–H groups in total. The molecular weight excluding hydrogens is 727 g/mol. The number of nitrogens with one attached hydrogen (secondary N) is 2. The quantitative estimate of drug-likeness (QED) is 0.0243. The number of esters is 1. The minimum Gasteiger partial charge on any atom is -0.504 e. The molecule has 0 fully saturated rings. The summed E-state index contributed by atoms with van der Waals surface area (Å²) in [7, 11) is 0. The molecule has 6 aromatic rings. The lowest BCUT2D eigenvalue weighted by atomic mass is 9.76. The van der Waals surface area contributed by atoms with Crippen LogP contribution in [-0.2, 0) is 24.7 Å². The molecule has 0 saturated carbocycles.